The Morgan fingerprint density at radius 3 is 2.89 bits per heavy atom. The highest BCUT2D eigenvalue weighted by atomic mass is 16.4. The zero-order valence-electron chi connectivity index (χ0n) is 11.6. The topological polar surface area (TPSA) is 52.6 Å². The standard InChI is InChI=1S/C15H22N2O2/c1-11(2)14-9-16-7-8-17(14)10-12-5-3-4-6-13(12)15(18)19/h3-6,11,14,16H,7-10H2,1-2H3,(H,18,19)/t14-/m1/s1. The van der Waals surface area contributed by atoms with Gasteiger partial charge in [0.15, 0.2) is 0 Å². The van der Waals surface area contributed by atoms with Gasteiger partial charge in [-0.05, 0) is 17.5 Å². The maximum Gasteiger partial charge on any atom is 0.336 e. The predicted octanol–water partition coefficient (Wildman–Crippen LogP) is 1.81. The molecular weight excluding hydrogens is 240 g/mol. The van der Waals surface area contributed by atoms with Gasteiger partial charge in [0, 0.05) is 32.2 Å². The quantitative estimate of drug-likeness (QED) is 0.869. The van der Waals surface area contributed by atoms with Gasteiger partial charge in [-0.15, -0.1) is 0 Å². The highest BCUT2D eigenvalue weighted by molar-refractivity contribution is 5.89. The Hall–Kier alpha value is -1.39. The summed E-state index contributed by atoms with van der Waals surface area (Å²) in [6.45, 7) is 8.07. The van der Waals surface area contributed by atoms with Crippen molar-refractivity contribution in [3.8, 4) is 0 Å². The number of piperazine rings is 1. The average molecular weight is 262 g/mol. The van der Waals surface area contributed by atoms with E-state index in [1.165, 1.54) is 0 Å². The second kappa shape index (κ2) is 6.17. The minimum Gasteiger partial charge on any atom is -0.478 e. The van der Waals surface area contributed by atoms with Crippen LogP contribution in [0.3, 0.4) is 0 Å². The molecule has 2 N–H and O–H groups in total. The van der Waals surface area contributed by atoms with E-state index in [1.54, 1.807) is 12.1 Å². The smallest absolute Gasteiger partial charge is 0.336 e. The van der Waals surface area contributed by atoms with Crippen molar-refractivity contribution in [2.45, 2.75) is 26.4 Å². The fraction of sp³-hybridized carbons (Fsp3) is 0.533. The number of aromatic carboxylic acids is 1. The molecular formula is C15H22N2O2. The summed E-state index contributed by atoms with van der Waals surface area (Å²) in [5.74, 6) is -0.281. The van der Waals surface area contributed by atoms with Gasteiger partial charge in [0.25, 0.3) is 0 Å². The minimum absolute atomic E-state index is 0.420. The number of nitrogens with zero attached hydrogens (tertiary/aromatic N) is 1. The third kappa shape index (κ3) is 3.33. The molecule has 0 aromatic heterocycles. The van der Waals surface area contributed by atoms with Crippen molar-refractivity contribution in [1.82, 2.24) is 10.2 Å². The summed E-state index contributed by atoms with van der Waals surface area (Å²) in [7, 11) is 0. The van der Waals surface area contributed by atoms with E-state index in [4.69, 9.17) is 0 Å². The van der Waals surface area contributed by atoms with Crippen LogP contribution in [0.5, 0.6) is 0 Å². The van der Waals surface area contributed by atoms with Crippen LogP contribution in [-0.4, -0.2) is 41.7 Å². The maximum absolute atomic E-state index is 11.2. The number of carboxylic acid groups (broad SMARTS) is 1. The van der Waals surface area contributed by atoms with Crippen LogP contribution in [0.2, 0.25) is 0 Å². The molecule has 2 rings (SSSR count). The second-order valence-corrected chi connectivity index (χ2v) is 5.45. The van der Waals surface area contributed by atoms with E-state index < -0.39 is 5.97 Å². The van der Waals surface area contributed by atoms with E-state index >= 15 is 0 Å². The van der Waals surface area contributed by atoms with Crippen molar-refractivity contribution in [2.24, 2.45) is 5.92 Å². The molecule has 4 nitrogen and oxygen atoms in total. The van der Waals surface area contributed by atoms with E-state index in [0.717, 1.165) is 25.2 Å². The first kappa shape index (κ1) is 14.0. The largest absolute Gasteiger partial charge is 0.478 e. The number of hydrogen-bond acceptors (Lipinski definition) is 3. The van der Waals surface area contributed by atoms with E-state index in [1.807, 2.05) is 12.1 Å². The number of rotatable bonds is 4. The van der Waals surface area contributed by atoms with Gasteiger partial charge in [-0.2, -0.15) is 0 Å². The summed E-state index contributed by atoms with van der Waals surface area (Å²) in [6.07, 6.45) is 0. The van der Waals surface area contributed by atoms with Crippen LogP contribution in [0, 0.1) is 5.92 Å². The summed E-state index contributed by atoms with van der Waals surface area (Å²) in [6, 6.07) is 7.77. The highest BCUT2D eigenvalue weighted by Gasteiger charge is 2.25. The molecule has 0 aliphatic carbocycles. The Labute approximate surface area is 114 Å². The van der Waals surface area contributed by atoms with Gasteiger partial charge in [0.05, 0.1) is 5.56 Å². The highest BCUT2D eigenvalue weighted by Crippen LogP contribution is 2.18. The Balaban J connectivity index is 2.17. The molecule has 1 aliphatic rings. The fourth-order valence-corrected chi connectivity index (χ4v) is 2.71. The molecule has 104 valence electrons. The Kier molecular flexibility index (Phi) is 4.56. The SMILES string of the molecule is CC(C)[C@H]1CNCCN1Cc1ccccc1C(=O)O. The molecule has 1 aromatic carbocycles. The molecule has 0 bridgehead atoms. The molecule has 0 unspecified atom stereocenters. The van der Waals surface area contributed by atoms with Gasteiger partial charge in [0.2, 0.25) is 0 Å². The number of carboxylic acids is 1. The fourth-order valence-electron chi connectivity index (χ4n) is 2.71. The van der Waals surface area contributed by atoms with E-state index in [2.05, 4.69) is 24.1 Å². The molecule has 4 heteroatoms. The zero-order valence-corrected chi connectivity index (χ0v) is 11.6. The maximum atomic E-state index is 11.2. The first-order valence-corrected chi connectivity index (χ1v) is 6.85. The van der Waals surface area contributed by atoms with E-state index in [-0.39, 0.29) is 0 Å². The van der Waals surface area contributed by atoms with Gasteiger partial charge in [-0.25, -0.2) is 4.79 Å². The van der Waals surface area contributed by atoms with Gasteiger partial charge in [-0.1, -0.05) is 32.0 Å². The van der Waals surface area contributed by atoms with Crippen molar-refractivity contribution in [3.05, 3.63) is 35.4 Å². The van der Waals surface area contributed by atoms with Crippen LogP contribution in [-0.2, 0) is 6.54 Å². The normalized spacial score (nSPS) is 20.7. The van der Waals surface area contributed by atoms with Crippen LogP contribution < -0.4 is 5.32 Å². The Morgan fingerprint density at radius 1 is 1.47 bits per heavy atom. The van der Waals surface area contributed by atoms with Crippen LogP contribution in [0.25, 0.3) is 0 Å². The van der Waals surface area contributed by atoms with Crippen molar-refractivity contribution in [3.63, 3.8) is 0 Å². The Bertz CT molecular complexity index is 446. The molecule has 1 fully saturated rings. The van der Waals surface area contributed by atoms with Crippen molar-refractivity contribution >= 4 is 5.97 Å². The van der Waals surface area contributed by atoms with Crippen LogP contribution >= 0.6 is 0 Å². The molecule has 0 saturated carbocycles. The summed E-state index contributed by atoms with van der Waals surface area (Å²) in [4.78, 5) is 13.6. The molecule has 1 heterocycles. The van der Waals surface area contributed by atoms with Crippen molar-refractivity contribution < 1.29 is 9.90 Å². The molecule has 1 aliphatic heterocycles. The number of benzene rings is 1. The lowest BCUT2D eigenvalue weighted by atomic mass is 9.98. The van der Waals surface area contributed by atoms with Crippen LogP contribution in [0.1, 0.15) is 29.8 Å². The molecule has 0 amide bonds. The first-order valence-electron chi connectivity index (χ1n) is 6.85. The molecule has 19 heavy (non-hydrogen) atoms. The van der Waals surface area contributed by atoms with E-state index in [0.29, 0.717) is 24.1 Å². The monoisotopic (exact) mass is 262 g/mol. The van der Waals surface area contributed by atoms with Gasteiger partial charge < -0.3 is 10.4 Å². The van der Waals surface area contributed by atoms with Gasteiger partial charge in [0.1, 0.15) is 0 Å². The predicted molar refractivity (Wildman–Crippen MR) is 75.3 cm³/mol. The van der Waals surface area contributed by atoms with Crippen molar-refractivity contribution in [2.75, 3.05) is 19.6 Å². The average Bonchev–Trinajstić information content (AvgIpc) is 2.39. The second-order valence-electron chi connectivity index (χ2n) is 5.45. The van der Waals surface area contributed by atoms with E-state index in [9.17, 15) is 9.90 Å². The lowest BCUT2D eigenvalue weighted by molar-refractivity contribution is 0.0691. The number of carbonyl (C=O) groups is 1. The lowest BCUT2D eigenvalue weighted by Crippen LogP contribution is -2.53. The Morgan fingerprint density at radius 2 is 2.21 bits per heavy atom. The lowest BCUT2D eigenvalue weighted by Gasteiger charge is -2.38. The molecule has 0 radical (unpaired) electrons. The summed E-state index contributed by atoms with van der Waals surface area (Å²) in [5.41, 5.74) is 1.33. The third-order valence-corrected chi connectivity index (χ3v) is 3.79. The number of hydrogen-bond donors (Lipinski definition) is 2. The summed E-state index contributed by atoms with van der Waals surface area (Å²) >= 11 is 0. The van der Waals surface area contributed by atoms with Crippen molar-refractivity contribution in [1.29, 1.82) is 0 Å². The molecule has 0 spiro atoms. The van der Waals surface area contributed by atoms with Gasteiger partial charge in [-0.3, -0.25) is 4.90 Å². The zero-order chi connectivity index (χ0) is 13.8. The van der Waals surface area contributed by atoms with Gasteiger partial charge >= 0.3 is 5.97 Å². The molecule has 1 aromatic rings. The number of nitrogens with one attached hydrogen (secondary N) is 1. The van der Waals surface area contributed by atoms with Crippen LogP contribution in [0.4, 0.5) is 0 Å². The minimum atomic E-state index is -0.841. The summed E-state index contributed by atoms with van der Waals surface area (Å²) < 4.78 is 0. The molecule has 1 saturated heterocycles. The first-order chi connectivity index (χ1) is 9.09. The van der Waals surface area contributed by atoms with Crippen LogP contribution in [0.15, 0.2) is 24.3 Å². The third-order valence-electron chi connectivity index (χ3n) is 3.79. The summed E-state index contributed by atoms with van der Waals surface area (Å²) in [5, 5.41) is 12.7. The molecule has 1 atom stereocenters.